The van der Waals surface area contributed by atoms with Gasteiger partial charge in [-0.05, 0) is 59.1 Å². The summed E-state index contributed by atoms with van der Waals surface area (Å²) in [6, 6.07) is 8.61. The number of furan rings is 1. The second-order valence-corrected chi connectivity index (χ2v) is 9.27. The fourth-order valence-corrected chi connectivity index (χ4v) is 4.74. The number of hydrogen-bond donors (Lipinski definition) is 3. The summed E-state index contributed by atoms with van der Waals surface area (Å²) >= 11 is 3.34. The van der Waals surface area contributed by atoms with Crippen molar-refractivity contribution in [2.24, 2.45) is 0 Å². The van der Waals surface area contributed by atoms with Crippen LogP contribution < -0.4 is 10.0 Å². The molecular weight excluding hydrogens is 479 g/mol. The van der Waals surface area contributed by atoms with Crippen LogP contribution in [0.2, 0.25) is 0 Å². The predicted octanol–water partition coefficient (Wildman–Crippen LogP) is 3.88. The lowest BCUT2D eigenvalue weighted by atomic mass is 10.0. The van der Waals surface area contributed by atoms with Gasteiger partial charge in [0.15, 0.2) is 0 Å². The second kappa shape index (κ2) is 9.15. The van der Waals surface area contributed by atoms with Gasteiger partial charge in [-0.25, -0.2) is 12.8 Å². The molecule has 1 heterocycles. The first kappa shape index (κ1) is 22.3. The number of aliphatic hydroxyl groups is 1. The minimum Gasteiger partial charge on any atom is -0.455 e. The Morgan fingerprint density at radius 3 is 2.53 bits per heavy atom. The van der Waals surface area contributed by atoms with E-state index in [0.29, 0.717) is 33.8 Å². The number of carbonyl (C=O) groups excluding carboxylic acids is 1. The van der Waals surface area contributed by atoms with Gasteiger partial charge in [0.05, 0.1) is 17.0 Å². The van der Waals surface area contributed by atoms with E-state index in [-0.39, 0.29) is 29.4 Å². The number of sulfonamides is 1. The van der Waals surface area contributed by atoms with Crippen molar-refractivity contribution >= 4 is 48.5 Å². The van der Waals surface area contributed by atoms with Crippen molar-refractivity contribution in [3.8, 4) is 11.3 Å². The summed E-state index contributed by atoms with van der Waals surface area (Å²) in [5.74, 6) is -0.700. The molecule has 160 valence electrons. The van der Waals surface area contributed by atoms with E-state index in [1.807, 2.05) is 0 Å². The van der Waals surface area contributed by atoms with Crippen LogP contribution in [0.1, 0.15) is 23.2 Å². The molecule has 0 fully saturated rings. The van der Waals surface area contributed by atoms with Crippen molar-refractivity contribution < 1.29 is 27.1 Å². The van der Waals surface area contributed by atoms with Gasteiger partial charge in [-0.3, -0.25) is 9.52 Å². The summed E-state index contributed by atoms with van der Waals surface area (Å²) < 4.78 is 46.7. The van der Waals surface area contributed by atoms with Crippen LogP contribution >= 0.6 is 15.9 Å². The van der Waals surface area contributed by atoms with E-state index in [1.165, 1.54) is 37.4 Å². The summed E-state index contributed by atoms with van der Waals surface area (Å²) in [6.45, 7) is -0.0774. The number of rotatable bonds is 8. The Morgan fingerprint density at radius 1 is 1.20 bits per heavy atom. The maximum Gasteiger partial charge on any atom is 0.255 e. The molecule has 7 nitrogen and oxygen atoms in total. The molecule has 3 rings (SSSR count). The zero-order valence-electron chi connectivity index (χ0n) is 16.0. The minimum absolute atomic E-state index is 0.0774. The Bertz CT molecular complexity index is 1180. The fraction of sp³-hybridized carbons (Fsp3) is 0.250. The molecule has 10 heteroatoms. The highest BCUT2D eigenvalue weighted by Crippen LogP contribution is 2.38. The summed E-state index contributed by atoms with van der Waals surface area (Å²) in [5, 5.41) is 11.9. The lowest BCUT2D eigenvalue weighted by molar-refractivity contribution is 0.0964. The molecule has 2 aromatic carbocycles. The molecule has 0 saturated heterocycles. The summed E-state index contributed by atoms with van der Waals surface area (Å²) in [5.41, 5.74) is 1.32. The quantitative estimate of drug-likeness (QED) is 0.408. The van der Waals surface area contributed by atoms with Crippen LogP contribution in [0.3, 0.4) is 0 Å². The summed E-state index contributed by atoms with van der Waals surface area (Å²) in [7, 11) is -2.15. The topological polar surface area (TPSA) is 109 Å². The number of unbranched alkanes of at least 4 members (excludes halogenated alkanes) is 1. The maximum absolute atomic E-state index is 13.3. The molecule has 0 aliphatic heterocycles. The molecule has 1 aromatic heterocycles. The monoisotopic (exact) mass is 498 g/mol. The maximum atomic E-state index is 13.3. The Morgan fingerprint density at radius 2 is 1.90 bits per heavy atom. The third kappa shape index (κ3) is 4.82. The second-order valence-electron chi connectivity index (χ2n) is 6.57. The van der Waals surface area contributed by atoms with E-state index in [9.17, 15) is 17.6 Å². The number of anilines is 1. The van der Waals surface area contributed by atoms with E-state index < -0.39 is 21.7 Å². The number of aliphatic hydroxyl groups excluding tert-OH is 1. The average molecular weight is 499 g/mol. The molecule has 0 saturated carbocycles. The molecule has 0 aliphatic rings. The number of hydrogen-bond acceptors (Lipinski definition) is 5. The number of halogens is 2. The van der Waals surface area contributed by atoms with Crippen LogP contribution in [0.25, 0.3) is 22.3 Å². The first-order valence-electron chi connectivity index (χ1n) is 9.11. The molecular formula is C20H20BrFN2O5S. The predicted molar refractivity (Wildman–Crippen MR) is 116 cm³/mol. The third-order valence-electron chi connectivity index (χ3n) is 4.42. The molecule has 3 N–H and O–H groups in total. The van der Waals surface area contributed by atoms with E-state index in [2.05, 4.69) is 26.0 Å². The van der Waals surface area contributed by atoms with Crippen LogP contribution in [0, 0.1) is 5.82 Å². The van der Waals surface area contributed by atoms with E-state index in [4.69, 9.17) is 9.52 Å². The number of benzene rings is 2. The van der Waals surface area contributed by atoms with Crippen molar-refractivity contribution in [2.45, 2.75) is 12.8 Å². The molecule has 0 aliphatic carbocycles. The van der Waals surface area contributed by atoms with Crippen LogP contribution in [0.4, 0.5) is 10.1 Å². The molecule has 30 heavy (non-hydrogen) atoms. The van der Waals surface area contributed by atoms with Crippen LogP contribution in [-0.2, 0) is 10.0 Å². The van der Waals surface area contributed by atoms with Gasteiger partial charge in [0.2, 0.25) is 10.0 Å². The van der Waals surface area contributed by atoms with Gasteiger partial charge in [0, 0.05) is 35.1 Å². The molecule has 3 aromatic rings. The smallest absolute Gasteiger partial charge is 0.255 e. The molecule has 0 atom stereocenters. The van der Waals surface area contributed by atoms with Gasteiger partial charge < -0.3 is 14.8 Å². The Balaban J connectivity index is 2.08. The lowest BCUT2D eigenvalue weighted by Crippen LogP contribution is -2.18. The van der Waals surface area contributed by atoms with E-state index >= 15 is 0 Å². The number of amides is 1. The molecule has 0 radical (unpaired) electrons. The van der Waals surface area contributed by atoms with Crippen LogP contribution in [-0.4, -0.2) is 38.8 Å². The standard InChI is InChI=1S/C20H20BrFN2O5S/c1-23-20(26)18-14-10-15(21)16(24-30(27,28)9-3-2-8-25)11-17(14)29-19(18)12-4-6-13(22)7-5-12/h4-7,10-11,24-25H,2-3,8-9H2,1H3,(H,23,26). The fourth-order valence-electron chi connectivity index (χ4n) is 2.97. The Labute approximate surface area is 181 Å². The molecule has 1 amide bonds. The van der Waals surface area contributed by atoms with Crippen molar-refractivity contribution in [1.29, 1.82) is 0 Å². The van der Waals surface area contributed by atoms with Gasteiger partial charge in [0.25, 0.3) is 5.91 Å². The minimum atomic E-state index is -3.63. The Hall–Kier alpha value is -2.43. The first-order chi connectivity index (χ1) is 14.3. The third-order valence-corrected chi connectivity index (χ3v) is 6.44. The lowest BCUT2D eigenvalue weighted by Gasteiger charge is -2.09. The number of nitrogens with one attached hydrogen (secondary N) is 2. The number of carbonyl (C=O) groups is 1. The Kier molecular flexibility index (Phi) is 6.79. The van der Waals surface area contributed by atoms with E-state index in [1.54, 1.807) is 6.07 Å². The van der Waals surface area contributed by atoms with Crippen LogP contribution in [0.5, 0.6) is 0 Å². The van der Waals surface area contributed by atoms with Gasteiger partial charge in [-0.2, -0.15) is 0 Å². The molecule has 0 spiro atoms. The highest BCUT2D eigenvalue weighted by molar-refractivity contribution is 9.10. The largest absolute Gasteiger partial charge is 0.455 e. The first-order valence-corrected chi connectivity index (χ1v) is 11.6. The normalized spacial score (nSPS) is 11.6. The van der Waals surface area contributed by atoms with Gasteiger partial charge in [-0.1, -0.05) is 0 Å². The summed E-state index contributed by atoms with van der Waals surface area (Å²) in [6.07, 6.45) is 0.706. The molecule has 0 bridgehead atoms. The highest BCUT2D eigenvalue weighted by atomic mass is 79.9. The van der Waals surface area contributed by atoms with Crippen molar-refractivity contribution in [2.75, 3.05) is 24.1 Å². The SMILES string of the molecule is CNC(=O)c1c(-c2ccc(F)cc2)oc2cc(NS(=O)(=O)CCCCO)c(Br)cc12. The van der Waals surface area contributed by atoms with Crippen molar-refractivity contribution in [3.63, 3.8) is 0 Å². The van der Waals surface area contributed by atoms with E-state index in [0.717, 1.165) is 0 Å². The van der Waals surface area contributed by atoms with Crippen molar-refractivity contribution in [1.82, 2.24) is 5.32 Å². The zero-order chi connectivity index (χ0) is 21.9. The van der Waals surface area contributed by atoms with Gasteiger partial charge in [-0.15, -0.1) is 0 Å². The van der Waals surface area contributed by atoms with Crippen LogP contribution in [0.15, 0.2) is 45.3 Å². The zero-order valence-corrected chi connectivity index (χ0v) is 18.4. The molecule has 0 unspecified atom stereocenters. The van der Waals surface area contributed by atoms with Gasteiger partial charge in [0.1, 0.15) is 17.2 Å². The summed E-state index contributed by atoms with van der Waals surface area (Å²) in [4.78, 5) is 12.5. The number of fused-ring (bicyclic) bond motifs is 1. The average Bonchev–Trinajstić information content (AvgIpc) is 3.06. The van der Waals surface area contributed by atoms with Gasteiger partial charge >= 0.3 is 0 Å². The van der Waals surface area contributed by atoms with Crippen molar-refractivity contribution in [3.05, 3.63) is 52.3 Å². The highest BCUT2D eigenvalue weighted by Gasteiger charge is 2.23.